The maximum absolute atomic E-state index is 12.0. The molecule has 1 aromatic rings. The summed E-state index contributed by atoms with van der Waals surface area (Å²) >= 11 is 0. The fraction of sp³-hybridized carbons (Fsp3) is 0.625. The number of nitrogens with zero attached hydrogens (tertiary/aromatic N) is 1. The summed E-state index contributed by atoms with van der Waals surface area (Å²) in [6.07, 6.45) is 4.74. The molecular formula is C16H28Cl2N4O4S. The predicted octanol–water partition coefficient (Wildman–Crippen LogP) is 0.726. The minimum absolute atomic E-state index is 0. The number of halogens is 2. The molecule has 1 aliphatic heterocycles. The molecule has 3 N–H and O–H groups in total. The number of methoxy groups -OCH3 is 1. The van der Waals surface area contributed by atoms with Crippen LogP contribution in [0.15, 0.2) is 29.4 Å². The van der Waals surface area contributed by atoms with Crippen molar-refractivity contribution in [1.29, 1.82) is 0 Å². The van der Waals surface area contributed by atoms with Gasteiger partial charge in [-0.1, -0.05) is 0 Å². The van der Waals surface area contributed by atoms with Crippen LogP contribution in [0.5, 0.6) is 0 Å². The lowest BCUT2D eigenvalue weighted by Crippen LogP contribution is -2.47. The first-order chi connectivity index (χ1) is 12.0. The van der Waals surface area contributed by atoms with Crippen LogP contribution in [0.2, 0.25) is 0 Å². The third kappa shape index (κ3) is 8.28. The van der Waals surface area contributed by atoms with Crippen molar-refractivity contribution >= 4 is 40.7 Å². The number of ether oxygens (including phenoxy) is 1. The number of sulfonamides is 1. The largest absolute Gasteiger partial charge is 0.384 e. The van der Waals surface area contributed by atoms with Crippen LogP contribution < -0.4 is 15.4 Å². The molecule has 1 saturated heterocycles. The fourth-order valence-electron chi connectivity index (χ4n) is 2.90. The lowest BCUT2D eigenvalue weighted by atomic mass is 9.79. The van der Waals surface area contributed by atoms with Gasteiger partial charge in [0.15, 0.2) is 0 Å². The van der Waals surface area contributed by atoms with Crippen molar-refractivity contribution < 1.29 is 17.9 Å². The molecule has 156 valence electrons. The average molecular weight is 443 g/mol. The summed E-state index contributed by atoms with van der Waals surface area (Å²) in [5.74, 6) is -0.178. The van der Waals surface area contributed by atoms with Crippen molar-refractivity contribution in [3.63, 3.8) is 0 Å². The summed E-state index contributed by atoms with van der Waals surface area (Å²) in [5.41, 5.74) is -0.0507. The summed E-state index contributed by atoms with van der Waals surface area (Å²) in [6, 6.07) is 3.01. The van der Waals surface area contributed by atoms with E-state index >= 15 is 0 Å². The van der Waals surface area contributed by atoms with Crippen molar-refractivity contribution in [3.8, 4) is 0 Å². The number of hydrogen-bond acceptors (Lipinski definition) is 6. The molecule has 2 heterocycles. The van der Waals surface area contributed by atoms with Gasteiger partial charge in [-0.05, 0) is 38.1 Å². The zero-order valence-corrected chi connectivity index (χ0v) is 17.7. The van der Waals surface area contributed by atoms with E-state index in [4.69, 9.17) is 4.74 Å². The summed E-state index contributed by atoms with van der Waals surface area (Å²) < 4.78 is 31.8. The molecule has 1 amide bonds. The Balaban J connectivity index is 0.00000338. The minimum Gasteiger partial charge on any atom is -0.384 e. The molecule has 1 aliphatic rings. The van der Waals surface area contributed by atoms with Gasteiger partial charge in [0.25, 0.3) is 0 Å². The second-order valence-corrected chi connectivity index (χ2v) is 8.06. The lowest BCUT2D eigenvalue weighted by Gasteiger charge is -2.37. The second kappa shape index (κ2) is 12.5. The Morgan fingerprint density at radius 2 is 2.04 bits per heavy atom. The monoisotopic (exact) mass is 442 g/mol. The Hall–Kier alpha value is -0.970. The molecule has 0 atom stereocenters. The lowest BCUT2D eigenvalue weighted by molar-refractivity contribution is -0.121. The molecule has 0 bridgehead atoms. The molecule has 0 unspecified atom stereocenters. The first-order valence-corrected chi connectivity index (χ1v) is 9.82. The number of hydrogen-bond donors (Lipinski definition) is 3. The van der Waals surface area contributed by atoms with Gasteiger partial charge in [0.1, 0.15) is 4.90 Å². The van der Waals surface area contributed by atoms with Gasteiger partial charge in [-0.15, -0.1) is 24.8 Å². The summed E-state index contributed by atoms with van der Waals surface area (Å²) in [4.78, 5) is 15.9. The van der Waals surface area contributed by atoms with Gasteiger partial charge in [0, 0.05) is 44.4 Å². The van der Waals surface area contributed by atoms with E-state index in [0.29, 0.717) is 13.2 Å². The maximum atomic E-state index is 12.0. The molecule has 11 heteroatoms. The van der Waals surface area contributed by atoms with Crippen LogP contribution >= 0.6 is 24.8 Å². The van der Waals surface area contributed by atoms with Crippen molar-refractivity contribution in [2.24, 2.45) is 5.41 Å². The van der Waals surface area contributed by atoms with Crippen LogP contribution in [0.4, 0.5) is 0 Å². The molecule has 0 spiro atoms. The number of pyridine rings is 1. The Kier molecular flexibility index (Phi) is 12.0. The molecule has 2 rings (SSSR count). The van der Waals surface area contributed by atoms with Crippen LogP contribution in [0.25, 0.3) is 0 Å². The zero-order chi connectivity index (χ0) is 18.2. The van der Waals surface area contributed by atoms with Gasteiger partial charge in [0.2, 0.25) is 15.9 Å². The highest BCUT2D eigenvalue weighted by atomic mass is 35.5. The van der Waals surface area contributed by atoms with E-state index in [1.54, 1.807) is 13.2 Å². The van der Waals surface area contributed by atoms with Gasteiger partial charge >= 0.3 is 0 Å². The normalized spacial score (nSPS) is 15.9. The molecular weight excluding hydrogens is 415 g/mol. The van der Waals surface area contributed by atoms with Crippen molar-refractivity contribution in [1.82, 2.24) is 20.3 Å². The molecule has 8 nitrogen and oxygen atoms in total. The van der Waals surface area contributed by atoms with E-state index in [1.165, 1.54) is 18.5 Å². The maximum Gasteiger partial charge on any atom is 0.242 e. The molecule has 0 radical (unpaired) electrons. The number of nitrogens with one attached hydrogen (secondary N) is 3. The van der Waals surface area contributed by atoms with Gasteiger partial charge in [0.05, 0.1) is 6.61 Å². The smallest absolute Gasteiger partial charge is 0.242 e. The Morgan fingerprint density at radius 3 is 2.63 bits per heavy atom. The van der Waals surface area contributed by atoms with E-state index in [-0.39, 0.29) is 54.0 Å². The molecule has 0 aromatic carbocycles. The highest BCUT2D eigenvalue weighted by Gasteiger charge is 2.32. The second-order valence-electron chi connectivity index (χ2n) is 6.30. The zero-order valence-electron chi connectivity index (χ0n) is 15.3. The number of piperidine rings is 1. The Morgan fingerprint density at radius 1 is 1.33 bits per heavy atom. The number of aromatic nitrogens is 1. The van der Waals surface area contributed by atoms with Gasteiger partial charge in [-0.25, -0.2) is 13.1 Å². The Bertz CT molecular complexity index is 650. The summed E-state index contributed by atoms with van der Waals surface area (Å²) in [6.45, 7) is 3.00. The summed E-state index contributed by atoms with van der Waals surface area (Å²) in [7, 11) is -1.97. The van der Waals surface area contributed by atoms with E-state index in [1.807, 2.05) is 0 Å². The number of carbonyl (C=O) groups is 1. The van der Waals surface area contributed by atoms with E-state index < -0.39 is 10.0 Å². The van der Waals surface area contributed by atoms with Crippen molar-refractivity contribution in [3.05, 3.63) is 24.5 Å². The molecule has 0 saturated carbocycles. The van der Waals surface area contributed by atoms with Crippen LogP contribution in [0.3, 0.4) is 0 Å². The third-order valence-electron chi connectivity index (χ3n) is 4.36. The fourth-order valence-corrected chi connectivity index (χ4v) is 3.89. The first-order valence-electron chi connectivity index (χ1n) is 8.34. The number of amides is 1. The van der Waals surface area contributed by atoms with Crippen LogP contribution in [0.1, 0.15) is 19.3 Å². The molecule has 27 heavy (non-hydrogen) atoms. The predicted molar refractivity (Wildman–Crippen MR) is 108 cm³/mol. The first kappa shape index (κ1) is 26.0. The van der Waals surface area contributed by atoms with Crippen LogP contribution in [-0.2, 0) is 19.6 Å². The van der Waals surface area contributed by atoms with E-state index in [9.17, 15) is 13.2 Å². The number of carbonyl (C=O) groups excluding carboxylic acids is 1. The van der Waals surface area contributed by atoms with Crippen LogP contribution in [-0.4, -0.2) is 59.2 Å². The van der Waals surface area contributed by atoms with Crippen molar-refractivity contribution in [2.45, 2.75) is 24.2 Å². The Labute approximate surface area is 173 Å². The van der Waals surface area contributed by atoms with E-state index in [2.05, 4.69) is 20.3 Å². The minimum atomic E-state index is -3.63. The van der Waals surface area contributed by atoms with Gasteiger partial charge in [-0.3, -0.25) is 9.78 Å². The van der Waals surface area contributed by atoms with Crippen LogP contribution in [0, 0.1) is 5.41 Å². The quantitative estimate of drug-likeness (QED) is 0.519. The highest BCUT2D eigenvalue weighted by Crippen LogP contribution is 2.28. The number of rotatable bonds is 9. The SMILES string of the molecule is COCC1(CNC(=O)CCNS(=O)(=O)c2cccnc2)CCNCC1.Cl.Cl. The van der Waals surface area contributed by atoms with Gasteiger partial charge < -0.3 is 15.4 Å². The van der Waals surface area contributed by atoms with Gasteiger partial charge in [-0.2, -0.15) is 0 Å². The van der Waals surface area contributed by atoms with Crippen molar-refractivity contribution in [2.75, 3.05) is 39.9 Å². The van der Waals surface area contributed by atoms with E-state index in [0.717, 1.165) is 25.9 Å². The highest BCUT2D eigenvalue weighted by molar-refractivity contribution is 7.89. The molecule has 0 aliphatic carbocycles. The summed E-state index contributed by atoms with van der Waals surface area (Å²) in [5, 5.41) is 6.21. The average Bonchev–Trinajstić information content (AvgIpc) is 2.62. The topological polar surface area (TPSA) is 109 Å². The third-order valence-corrected chi connectivity index (χ3v) is 5.81. The molecule has 1 aromatic heterocycles. The molecule has 1 fully saturated rings. The standard InChI is InChI=1S/C16H26N4O4S.2ClH/c1-24-13-16(5-9-17-10-6-16)12-19-15(21)4-8-20-25(22,23)14-3-2-7-18-11-14;;/h2-3,7,11,17,20H,4-6,8-10,12-13H2,1H3,(H,19,21);2*1H.